The fourth-order valence-corrected chi connectivity index (χ4v) is 1.99. The van der Waals surface area contributed by atoms with Crippen LogP contribution in [0.4, 0.5) is 4.79 Å². The molecular weight excluding hydrogens is 350 g/mol. The highest BCUT2D eigenvalue weighted by Gasteiger charge is 2.20. The fourth-order valence-electron chi connectivity index (χ4n) is 1.99. The highest BCUT2D eigenvalue weighted by atomic mass is 16.6. The SMILES string of the molecule is CCOC(=O)/C=C/[C@H](CC(=O)OCc1ccccc1)NC(=O)OC(C)(C)C. The van der Waals surface area contributed by atoms with Gasteiger partial charge in [0, 0.05) is 6.08 Å². The molecule has 1 atom stereocenters. The van der Waals surface area contributed by atoms with Gasteiger partial charge in [-0.25, -0.2) is 9.59 Å². The van der Waals surface area contributed by atoms with Crippen LogP contribution in [-0.4, -0.2) is 36.3 Å². The minimum absolute atomic E-state index is 0.125. The van der Waals surface area contributed by atoms with Gasteiger partial charge in [-0.05, 0) is 33.3 Å². The lowest BCUT2D eigenvalue weighted by Crippen LogP contribution is -2.39. The molecule has 7 heteroatoms. The van der Waals surface area contributed by atoms with Crippen LogP contribution in [0.2, 0.25) is 0 Å². The molecule has 0 saturated heterocycles. The van der Waals surface area contributed by atoms with Gasteiger partial charge in [0.25, 0.3) is 0 Å². The monoisotopic (exact) mass is 377 g/mol. The summed E-state index contributed by atoms with van der Waals surface area (Å²) in [6, 6.07) is 8.46. The molecule has 0 heterocycles. The molecule has 0 bridgehead atoms. The van der Waals surface area contributed by atoms with Crippen molar-refractivity contribution in [2.75, 3.05) is 6.61 Å². The van der Waals surface area contributed by atoms with Crippen molar-refractivity contribution >= 4 is 18.0 Å². The van der Waals surface area contributed by atoms with E-state index in [9.17, 15) is 14.4 Å². The molecule has 148 valence electrons. The molecule has 0 spiro atoms. The molecule has 0 aliphatic heterocycles. The normalized spacial score (nSPS) is 12.3. The molecule has 1 amide bonds. The van der Waals surface area contributed by atoms with E-state index in [1.807, 2.05) is 30.3 Å². The number of hydrogen-bond donors (Lipinski definition) is 1. The van der Waals surface area contributed by atoms with E-state index in [0.29, 0.717) is 0 Å². The standard InChI is InChI=1S/C20H27NO6/c1-5-25-17(22)12-11-16(21-19(24)27-20(2,3)4)13-18(23)26-14-15-9-7-6-8-10-15/h6-12,16H,5,13-14H2,1-4H3,(H,21,24)/b12-11+/t16-/m1/s1. The van der Waals surface area contributed by atoms with Gasteiger partial charge in [0.2, 0.25) is 0 Å². The van der Waals surface area contributed by atoms with E-state index in [4.69, 9.17) is 14.2 Å². The van der Waals surface area contributed by atoms with Crippen LogP contribution in [0.1, 0.15) is 39.7 Å². The molecule has 1 N–H and O–H groups in total. The number of ether oxygens (including phenoxy) is 3. The van der Waals surface area contributed by atoms with E-state index in [1.54, 1.807) is 27.7 Å². The minimum atomic E-state index is -0.771. The van der Waals surface area contributed by atoms with Crippen molar-refractivity contribution in [2.24, 2.45) is 0 Å². The molecule has 0 aliphatic rings. The third-order valence-corrected chi connectivity index (χ3v) is 3.08. The van der Waals surface area contributed by atoms with Crippen molar-refractivity contribution in [1.82, 2.24) is 5.32 Å². The quantitative estimate of drug-likeness (QED) is 0.425. The number of amides is 1. The maximum absolute atomic E-state index is 12.1. The summed E-state index contributed by atoms with van der Waals surface area (Å²) in [6.07, 6.45) is 1.70. The molecule has 1 rings (SSSR count). The second-order valence-corrected chi connectivity index (χ2v) is 6.71. The Labute approximate surface area is 159 Å². The lowest BCUT2D eigenvalue weighted by atomic mass is 10.2. The zero-order chi connectivity index (χ0) is 20.3. The van der Waals surface area contributed by atoms with Crippen LogP contribution in [0.5, 0.6) is 0 Å². The zero-order valence-electron chi connectivity index (χ0n) is 16.2. The van der Waals surface area contributed by atoms with Crippen molar-refractivity contribution in [3.05, 3.63) is 48.0 Å². The highest BCUT2D eigenvalue weighted by Crippen LogP contribution is 2.09. The Morgan fingerprint density at radius 2 is 1.78 bits per heavy atom. The summed E-state index contributed by atoms with van der Waals surface area (Å²) >= 11 is 0. The third kappa shape index (κ3) is 10.7. The topological polar surface area (TPSA) is 90.9 Å². The van der Waals surface area contributed by atoms with Crippen LogP contribution in [0.3, 0.4) is 0 Å². The molecule has 0 aromatic heterocycles. The predicted molar refractivity (Wildman–Crippen MR) is 99.8 cm³/mol. The molecule has 1 aromatic rings. The van der Waals surface area contributed by atoms with E-state index in [2.05, 4.69) is 5.32 Å². The Bertz CT molecular complexity index is 648. The van der Waals surface area contributed by atoms with Crippen LogP contribution >= 0.6 is 0 Å². The number of alkyl carbamates (subject to hydrolysis) is 1. The van der Waals surface area contributed by atoms with Crippen molar-refractivity contribution < 1.29 is 28.6 Å². The number of benzene rings is 1. The summed E-state index contributed by atoms with van der Waals surface area (Å²) in [4.78, 5) is 35.6. The van der Waals surface area contributed by atoms with Crippen LogP contribution < -0.4 is 5.32 Å². The molecule has 0 unspecified atom stereocenters. The summed E-state index contributed by atoms with van der Waals surface area (Å²) in [6.45, 7) is 7.22. The van der Waals surface area contributed by atoms with Crippen molar-refractivity contribution in [3.8, 4) is 0 Å². The molecule has 0 aliphatic carbocycles. The first-order chi connectivity index (χ1) is 12.7. The Morgan fingerprint density at radius 3 is 2.37 bits per heavy atom. The highest BCUT2D eigenvalue weighted by molar-refractivity contribution is 5.82. The number of esters is 2. The van der Waals surface area contributed by atoms with E-state index in [1.165, 1.54) is 6.08 Å². The largest absolute Gasteiger partial charge is 0.463 e. The average Bonchev–Trinajstić information content (AvgIpc) is 2.57. The maximum Gasteiger partial charge on any atom is 0.408 e. The number of hydrogen-bond acceptors (Lipinski definition) is 6. The van der Waals surface area contributed by atoms with Crippen molar-refractivity contribution in [3.63, 3.8) is 0 Å². The second-order valence-electron chi connectivity index (χ2n) is 6.71. The average molecular weight is 377 g/mol. The Hall–Kier alpha value is -2.83. The fraction of sp³-hybridized carbons (Fsp3) is 0.450. The van der Waals surface area contributed by atoms with Crippen LogP contribution in [0.25, 0.3) is 0 Å². The van der Waals surface area contributed by atoms with Gasteiger partial charge >= 0.3 is 18.0 Å². The molecule has 0 radical (unpaired) electrons. The van der Waals surface area contributed by atoms with Crippen molar-refractivity contribution in [2.45, 2.75) is 52.4 Å². The number of nitrogens with one attached hydrogen (secondary N) is 1. The van der Waals surface area contributed by atoms with Crippen LogP contribution in [0.15, 0.2) is 42.5 Å². The minimum Gasteiger partial charge on any atom is -0.463 e. The Balaban J connectivity index is 2.66. The third-order valence-electron chi connectivity index (χ3n) is 3.08. The van der Waals surface area contributed by atoms with E-state index in [0.717, 1.165) is 11.6 Å². The molecule has 0 fully saturated rings. The van der Waals surface area contributed by atoms with Crippen molar-refractivity contribution in [1.29, 1.82) is 0 Å². The molecule has 27 heavy (non-hydrogen) atoms. The summed E-state index contributed by atoms with van der Waals surface area (Å²) in [7, 11) is 0. The van der Waals surface area contributed by atoms with E-state index in [-0.39, 0.29) is 19.6 Å². The van der Waals surface area contributed by atoms with Crippen LogP contribution in [0, 0.1) is 0 Å². The summed E-state index contributed by atoms with van der Waals surface area (Å²) in [5.74, 6) is -1.08. The Kier molecular flexibility index (Phi) is 9.05. The molecular formula is C20H27NO6. The first-order valence-electron chi connectivity index (χ1n) is 8.73. The Morgan fingerprint density at radius 1 is 1.11 bits per heavy atom. The van der Waals surface area contributed by atoms with Gasteiger partial charge in [-0.2, -0.15) is 0 Å². The summed E-state index contributed by atoms with van der Waals surface area (Å²) < 4.78 is 15.2. The van der Waals surface area contributed by atoms with Gasteiger partial charge in [0.1, 0.15) is 12.2 Å². The first-order valence-corrected chi connectivity index (χ1v) is 8.73. The van der Waals surface area contributed by atoms with Gasteiger partial charge < -0.3 is 19.5 Å². The smallest absolute Gasteiger partial charge is 0.408 e. The van der Waals surface area contributed by atoms with Gasteiger partial charge in [0.15, 0.2) is 0 Å². The second kappa shape index (κ2) is 11.0. The van der Waals surface area contributed by atoms with Gasteiger partial charge in [0.05, 0.1) is 19.1 Å². The van der Waals surface area contributed by atoms with Gasteiger partial charge in [-0.3, -0.25) is 4.79 Å². The van der Waals surface area contributed by atoms with Crippen LogP contribution in [-0.2, 0) is 30.4 Å². The van der Waals surface area contributed by atoms with E-state index < -0.39 is 29.7 Å². The summed E-state index contributed by atoms with van der Waals surface area (Å²) in [5.41, 5.74) is 0.164. The molecule has 1 aromatic carbocycles. The predicted octanol–water partition coefficient (Wildman–Crippen LogP) is 3.13. The lowest BCUT2D eigenvalue weighted by Gasteiger charge is -2.22. The zero-order valence-corrected chi connectivity index (χ0v) is 16.2. The first kappa shape index (κ1) is 22.2. The van der Waals surface area contributed by atoms with Gasteiger partial charge in [-0.1, -0.05) is 36.4 Å². The van der Waals surface area contributed by atoms with E-state index >= 15 is 0 Å². The number of carbonyl (C=O) groups is 3. The number of carbonyl (C=O) groups excluding carboxylic acids is 3. The maximum atomic E-state index is 12.1. The number of rotatable bonds is 8. The molecule has 0 saturated carbocycles. The van der Waals surface area contributed by atoms with Gasteiger partial charge in [-0.15, -0.1) is 0 Å². The molecule has 7 nitrogen and oxygen atoms in total. The lowest BCUT2D eigenvalue weighted by molar-refractivity contribution is -0.145. The summed E-state index contributed by atoms with van der Waals surface area (Å²) in [5, 5.41) is 2.54.